The van der Waals surface area contributed by atoms with Gasteiger partial charge in [0, 0.05) is 25.7 Å². The maximum absolute atomic E-state index is 12.3. The normalized spacial score (nSPS) is 22.7. The van der Waals surface area contributed by atoms with Gasteiger partial charge in [-0.1, -0.05) is 19.4 Å². The molecular formula is C22H34N2O3. The van der Waals surface area contributed by atoms with E-state index in [1.807, 2.05) is 24.0 Å². The highest BCUT2D eigenvalue weighted by molar-refractivity contribution is 5.78. The zero-order valence-corrected chi connectivity index (χ0v) is 16.8. The van der Waals surface area contributed by atoms with Crippen molar-refractivity contribution in [1.29, 1.82) is 0 Å². The summed E-state index contributed by atoms with van der Waals surface area (Å²) in [6.07, 6.45) is 7.31. The number of nitrogens with zero attached hydrogens (tertiary/aromatic N) is 1. The van der Waals surface area contributed by atoms with E-state index in [1.54, 1.807) is 0 Å². The van der Waals surface area contributed by atoms with Crippen LogP contribution in [0.5, 0.6) is 11.5 Å². The Labute approximate surface area is 163 Å². The van der Waals surface area contributed by atoms with Gasteiger partial charge in [0.15, 0.2) is 18.1 Å². The molecule has 1 aliphatic carbocycles. The van der Waals surface area contributed by atoms with Crippen LogP contribution in [0.15, 0.2) is 18.2 Å². The zero-order chi connectivity index (χ0) is 19.1. The Morgan fingerprint density at radius 3 is 2.63 bits per heavy atom. The molecule has 2 fully saturated rings. The van der Waals surface area contributed by atoms with Gasteiger partial charge in [-0.25, -0.2) is 0 Å². The third-order valence-corrected chi connectivity index (χ3v) is 5.80. The van der Waals surface area contributed by atoms with Crippen LogP contribution in [-0.2, 0) is 11.3 Å². The van der Waals surface area contributed by atoms with E-state index >= 15 is 0 Å². The SMILES string of the molecule is CCOc1cc(CNC2CCCC2C)ccc1OCC(=O)N1CCCCC1. The summed E-state index contributed by atoms with van der Waals surface area (Å²) in [5.41, 5.74) is 1.19. The molecule has 5 nitrogen and oxygen atoms in total. The molecule has 1 aliphatic heterocycles. The second-order valence-corrected chi connectivity index (χ2v) is 7.84. The molecule has 2 aliphatic rings. The van der Waals surface area contributed by atoms with E-state index in [-0.39, 0.29) is 12.5 Å². The first-order valence-corrected chi connectivity index (χ1v) is 10.6. The lowest BCUT2D eigenvalue weighted by Crippen LogP contribution is -2.38. The number of carbonyl (C=O) groups excluding carboxylic acids is 1. The van der Waals surface area contributed by atoms with Gasteiger partial charge in [-0.3, -0.25) is 4.79 Å². The number of amides is 1. The highest BCUT2D eigenvalue weighted by Gasteiger charge is 2.22. The molecule has 0 bridgehead atoms. The minimum Gasteiger partial charge on any atom is -0.490 e. The van der Waals surface area contributed by atoms with Crippen molar-refractivity contribution in [2.24, 2.45) is 5.92 Å². The predicted octanol–water partition coefficient (Wildman–Crippen LogP) is 3.75. The Bertz CT molecular complexity index is 614. The van der Waals surface area contributed by atoms with Crippen LogP contribution in [-0.4, -0.2) is 43.2 Å². The Kier molecular flexibility index (Phi) is 7.39. The number of piperidine rings is 1. The van der Waals surface area contributed by atoms with Gasteiger partial charge in [0.2, 0.25) is 0 Å². The lowest BCUT2D eigenvalue weighted by molar-refractivity contribution is -0.134. The van der Waals surface area contributed by atoms with Gasteiger partial charge in [0.05, 0.1) is 6.61 Å². The van der Waals surface area contributed by atoms with Crippen LogP contribution in [0, 0.1) is 5.92 Å². The average molecular weight is 375 g/mol. The van der Waals surface area contributed by atoms with Crippen LogP contribution in [0.25, 0.3) is 0 Å². The van der Waals surface area contributed by atoms with Gasteiger partial charge < -0.3 is 19.7 Å². The summed E-state index contributed by atoms with van der Waals surface area (Å²) in [7, 11) is 0. The monoisotopic (exact) mass is 374 g/mol. The quantitative estimate of drug-likeness (QED) is 0.753. The molecule has 1 N–H and O–H groups in total. The number of ether oxygens (including phenoxy) is 2. The first kappa shape index (κ1) is 20.0. The van der Waals surface area contributed by atoms with Crippen molar-refractivity contribution in [2.75, 3.05) is 26.3 Å². The minimum absolute atomic E-state index is 0.0677. The van der Waals surface area contributed by atoms with Gasteiger partial charge in [-0.05, 0) is 62.6 Å². The van der Waals surface area contributed by atoms with Crippen LogP contribution in [0.1, 0.15) is 57.9 Å². The predicted molar refractivity (Wildman–Crippen MR) is 107 cm³/mol. The van der Waals surface area contributed by atoms with Crippen molar-refractivity contribution in [3.05, 3.63) is 23.8 Å². The number of hydrogen-bond acceptors (Lipinski definition) is 4. The Balaban J connectivity index is 1.56. The average Bonchev–Trinajstić information content (AvgIpc) is 3.11. The summed E-state index contributed by atoms with van der Waals surface area (Å²) < 4.78 is 11.6. The third kappa shape index (κ3) is 5.61. The zero-order valence-electron chi connectivity index (χ0n) is 16.8. The van der Waals surface area contributed by atoms with Crippen molar-refractivity contribution in [1.82, 2.24) is 10.2 Å². The van der Waals surface area contributed by atoms with Gasteiger partial charge in [0.1, 0.15) is 0 Å². The van der Waals surface area contributed by atoms with E-state index in [2.05, 4.69) is 18.3 Å². The topological polar surface area (TPSA) is 50.8 Å². The molecule has 0 radical (unpaired) electrons. The number of likely N-dealkylation sites (tertiary alicyclic amines) is 1. The fourth-order valence-electron chi connectivity index (χ4n) is 4.12. The van der Waals surface area contributed by atoms with E-state index in [1.165, 1.54) is 31.2 Å². The molecule has 5 heteroatoms. The maximum Gasteiger partial charge on any atom is 0.260 e. The summed E-state index contributed by atoms with van der Waals surface area (Å²) in [4.78, 5) is 14.2. The molecule has 1 aromatic carbocycles. The van der Waals surface area contributed by atoms with Crippen molar-refractivity contribution >= 4 is 5.91 Å². The standard InChI is InChI=1S/C22H34N2O3/c1-3-26-21-14-18(15-23-19-9-7-8-17(19)2)10-11-20(21)27-16-22(25)24-12-5-4-6-13-24/h10-11,14,17,19,23H,3-9,12-13,15-16H2,1-2H3. The number of hydrogen-bond donors (Lipinski definition) is 1. The first-order valence-electron chi connectivity index (χ1n) is 10.6. The molecule has 150 valence electrons. The summed E-state index contributed by atoms with van der Waals surface area (Å²) in [6, 6.07) is 6.65. The van der Waals surface area contributed by atoms with Crippen molar-refractivity contribution in [3.8, 4) is 11.5 Å². The van der Waals surface area contributed by atoms with E-state index in [0.29, 0.717) is 18.4 Å². The van der Waals surface area contributed by atoms with Crippen LogP contribution in [0.4, 0.5) is 0 Å². The van der Waals surface area contributed by atoms with Crippen molar-refractivity contribution in [3.63, 3.8) is 0 Å². The first-order chi connectivity index (χ1) is 13.2. The minimum atomic E-state index is 0.0677. The van der Waals surface area contributed by atoms with E-state index in [4.69, 9.17) is 9.47 Å². The number of nitrogens with one attached hydrogen (secondary N) is 1. The summed E-state index contributed by atoms with van der Waals surface area (Å²) >= 11 is 0. The summed E-state index contributed by atoms with van der Waals surface area (Å²) in [5, 5.41) is 3.67. The van der Waals surface area contributed by atoms with Gasteiger partial charge in [-0.2, -0.15) is 0 Å². The molecule has 2 atom stereocenters. The van der Waals surface area contributed by atoms with Gasteiger partial charge >= 0.3 is 0 Å². The summed E-state index contributed by atoms with van der Waals surface area (Å²) in [6.45, 7) is 7.49. The van der Waals surface area contributed by atoms with Gasteiger partial charge in [-0.15, -0.1) is 0 Å². The largest absolute Gasteiger partial charge is 0.490 e. The van der Waals surface area contributed by atoms with E-state index in [9.17, 15) is 4.79 Å². The van der Waals surface area contributed by atoms with Crippen LogP contribution in [0.2, 0.25) is 0 Å². The Morgan fingerprint density at radius 1 is 1.11 bits per heavy atom. The molecule has 27 heavy (non-hydrogen) atoms. The number of carbonyl (C=O) groups is 1. The van der Waals surface area contributed by atoms with E-state index in [0.717, 1.165) is 44.1 Å². The second-order valence-electron chi connectivity index (χ2n) is 7.84. The Morgan fingerprint density at radius 2 is 1.93 bits per heavy atom. The molecule has 1 saturated carbocycles. The van der Waals surface area contributed by atoms with Crippen LogP contribution >= 0.6 is 0 Å². The number of benzene rings is 1. The smallest absolute Gasteiger partial charge is 0.260 e. The fraction of sp³-hybridized carbons (Fsp3) is 0.682. The second kappa shape index (κ2) is 9.98. The third-order valence-electron chi connectivity index (χ3n) is 5.80. The molecule has 1 aromatic rings. The highest BCUT2D eigenvalue weighted by atomic mass is 16.5. The van der Waals surface area contributed by atoms with Crippen molar-refractivity contribution in [2.45, 2.75) is 65.0 Å². The molecular weight excluding hydrogens is 340 g/mol. The van der Waals surface area contributed by atoms with Crippen LogP contribution < -0.4 is 14.8 Å². The molecule has 1 heterocycles. The molecule has 1 saturated heterocycles. The lowest BCUT2D eigenvalue weighted by atomic mass is 10.1. The number of rotatable bonds is 8. The fourth-order valence-corrected chi connectivity index (χ4v) is 4.12. The molecule has 1 amide bonds. The van der Waals surface area contributed by atoms with Crippen LogP contribution in [0.3, 0.4) is 0 Å². The molecule has 2 unspecified atom stereocenters. The van der Waals surface area contributed by atoms with Crippen molar-refractivity contribution < 1.29 is 14.3 Å². The molecule has 3 rings (SSSR count). The van der Waals surface area contributed by atoms with Gasteiger partial charge in [0.25, 0.3) is 5.91 Å². The molecule has 0 aromatic heterocycles. The summed E-state index contributed by atoms with van der Waals surface area (Å²) in [5.74, 6) is 2.20. The highest BCUT2D eigenvalue weighted by Crippen LogP contribution is 2.30. The maximum atomic E-state index is 12.3. The lowest BCUT2D eigenvalue weighted by Gasteiger charge is -2.26. The Hall–Kier alpha value is -1.75. The van der Waals surface area contributed by atoms with E-state index < -0.39 is 0 Å². The molecule has 0 spiro atoms.